The Hall–Kier alpha value is -1.00. The van der Waals surface area contributed by atoms with E-state index >= 15 is 0 Å². The zero-order valence-electron chi connectivity index (χ0n) is 10.6. The normalized spacial score (nSPS) is 10.8. The lowest BCUT2D eigenvalue weighted by Gasteiger charge is -2.06. The first kappa shape index (κ1) is 13.4. The highest BCUT2D eigenvalue weighted by Gasteiger charge is 2.08. The largest absolute Gasteiger partial charge is 0.306 e. The zero-order chi connectivity index (χ0) is 13.0. The minimum absolute atomic E-state index is 0.772. The third-order valence-electron chi connectivity index (χ3n) is 2.63. The number of aryl methyl sites for hydroxylation is 1. The van der Waals surface area contributed by atoms with Crippen LogP contribution in [0.2, 0.25) is 5.02 Å². The topological polar surface area (TPSA) is 30.7 Å². The summed E-state index contributed by atoms with van der Waals surface area (Å²) in [6.07, 6.45) is 1.09. The lowest BCUT2D eigenvalue weighted by atomic mass is 10.2. The van der Waals surface area contributed by atoms with E-state index in [4.69, 9.17) is 11.6 Å². The van der Waals surface area contributed by atoms with Crippen LogP contribution in [0.1, 0.15) is 24.7 Å². The lowest BCUT2D eigenvalue weighted by Crippen LogP contribution is -2.01. The van der Waals surface area contributed by atoms with Gasteiger partial charge < -0.3 is 4.57 Å². The summed E-state index contributed by atoms with van der Waals surface area (Å²) in [5.41, 5.74) is 1.24. The number of rotatable bonds is 5. The Balaban J connectivity index is 2.03. The minimum atomic E-state index is 0.772. The summed E-state index contributed by atoms with van der Waals surface area (Å²) in [6.45, 7) is 5.13. The number of hydrogen-bond donors (Lipinski definition) is 0. The van der Waals surface area contributed by atoms with Gasteiger partial charge >= 0.3 is 0 Å². The molecule has 0 saturated heterocycles. The molecule has 0 bridgehead atoms. The molecule has 3 nitrogen and oxygen atoms in total. The Morgan fingerprint density at radius 2 is 1.94 bits per heavy atom. The minimum Gasteiger partial charge on any atom is -0.306 e. The molecule has 0 aliphatic heterocycles. The lowest BCUT2D eigenvalue weighted by molar-refractivity contribution is 0.605. The fourth-order valence-electron chi connectivity index (χ4n) is 1.68. The molecule has 0 N–H and O–H groups in total. The first-order valence-corrected chi connectivity index (χ1v) is 7.34. The molecule has 2 rings (SSSR count). The Labute approximate surface area is 117 Å². The van der Waals surface area contributed by atoms with Gasteiger partial charge in [-0.05, 0) is 31.0 Å². The maximum atomic E-state index is 5.87. The van der Waals surface area contributed by atoms with Crippen molar-refractivity contribution in [2.75, 3.05) is 0 Å². The molecule has 0 amide bonds. The average molecular weight is 282 g/mol. The van der Waals surface area contributed by atoms with Gasteiger partial charge in [0.15, 0.2) is 5.16 Å². The van der Waals surface area contributed by atoms with Crippen molar-refractivity contribution in [1.82, 2.24) is 14.8 Å². The van der Waals surface area contributed by atoms with Crippen LogP contribution in [0.5, 0.6) is 0 Å². The van der Waals surface area contributed by atoms with E-state index in [1.165, 1.54) is 5.56 Å². The number of aromatic nitrogens is 3. The highest BCUT2D eigenvalue weighted by atomic mass is 35.5. The van der Waals surface area contributed by atoms with E-state index in [2.05, 4.69) is 21.7 Å². The molecule has 0 aliphatic carbocycles. The van der Waals surface area contributed by atoms with Crippen molar-refractivity contribution < 1.29 is 0 Å². The van der Waals surface area contributed by atoms with Crippen molar-refractivity contribution in [2.45, 2.75) is 37.7 Å². The van der Waals surface area contributed by atoms with Gasteiger partial charge in [-0.3, -0.25) is 0 Å². The highest BCUT2D eigenvalue weighted by molar-refractivity contribution is 7.98. The average Bonchev–Trinajstić information content (AvgIpc) is 2.71. The molecule has 0 atom stereocenters. The highest BCUT2D eigenvalue weighted by Crippen LogP contribution is 2.22. The quantitative estimate of drug-likeness (QED) is 0.778. The van der Waals surface area contributed by atoms with Crippen LogP contribution in [0.3, 0.4) is 0 Å². The summed E-state index contributed by atoms with van der Waals surface area (Å²) in [7, 11) is 0. The van der Waals surface area contributed by atoms with Crippen molar-refractivity contribution in [2.24, 2.45) is 0 Å². The summed E-state index contributed by atoms with van der Waals surface area (Å²) < 4.78 is 2.17. The van der Waals surface area contributed by atoms with Gasteiger partial charge in [0.05, 0.1) is 0 Å². The van der Waals surface area contributed by atoms with Crippen molar-refractivity contribution in [3.63, 3.8) is 0 Å². The van der Waals surface area contributed by atoms with E-state index in [9.17, 15) is 0 Å². The van der Waals surface area contributed by atoms with Gasteiger partial charge in [0.25, 0.3) is 0 Å². The van der Waals surface area contributed by atoms with Crippen LogP contribution < -0.4 is 0 Å². The Kier molecular flexibility index (Phi) is 4.66. The standard InChI is InChI=1S/C13H16ClN3S/c1-3-8-17-10(2)15-16-13(17)18-9-11-4-6-12(14)7-5-11/h4-7H,3,8-9H2,1-2H3. The molecule has 0 spiro atoms. The van der Waals surface area contributed by atoms with E-state index in [1.807, 2.05) is 31.2 Å². The SMILES string of the molecule is CCCn1c(C)nnc1SCc1ccc(Cl)cc1. The summed E-state index contributed by atoms with van der Waals surface area (Å²) in [5, 5.41) is 10.1. The smallest absolute Gasteiger partial charge is 0.191 e. The second-order valence-corrected chi connectivity index (χ2v) is 5.48. The van der Waals surface area contributed by atoms with Gasteiger partial charge in [0.1, 0.15) is 5.82 Å². The molecule has 0 radical (unpaired) electrons. The second-order valence-electron chi connectivity index (χ2n) is 4.10. The van der Waals surface area contributed by atoms with Crippen LogP contribution in [-0.2, 0) is 12.3 Å². The summed E-state index contributed by atoms with van der Waals surface area (Å²) in [4.78, 5) is 0. The van der Waals surface area contributed by atoms with E-state index in [0.29, 0.717) is 0 Å². The van der Waals surface area contributed by atoms with Crippen LogP contribution in [0.15, 0.2) is 29.4 Å². The molecule has 2 aromatic rings. The van der Waals surface area contributed by atoms with Gasteiger partial charge in [-0.2, -0.15) is 0 Å². The van der Waals surface area contributed by atoms with Gasteiger partial charge in [0.2, 0.25) is 0 Å². The molecule has 0 aliphatic rings. The van der Waals surface area contributed by atoms with Crippen molar-refractivity contribution in [3.05, 3.63) is 40.7 Å². The first-order valence-electron chi connectivity index (χ1n) is 5.97. The molecule has 0 fully saturated rings. The Morgan fingerprint density at radius 1 is 1.22 bits per heavy atom. The van der Waals surface area contributed by atoms with Gasteiger partial charge in [-0.15, -0.1) is 10.2 Å². The maximum Gasteiger partial charge on any atom is 0.191 e. The van der Waals surface area contributed by atoms with Gasteiger partial charge in [-0.25, -0.2) is 0 Å². The predicted molar refractivity (Wildman–Crippen MR) is 76.1 cm³/mol. The Morgan fingerprint density at radius 3 is 2.61 bits per heavy atom. The van der Waals surface area contributed by atoms with E-state index in [-0.39, 0.29) is 0 Å². The van der Waals surface area contributed by atoms with Crippen molar-refractivity contribution >= 4 is 23.4 Å². The predicted octanol–water partition coefficient (Wildman–Crippen LogP) is 3.94. The monoisotopic (exact) mass is 281 g/mol. The molecule has 0 saturated carbocycles. The molecular weight excluding hydrogens is 266 g/mol. The zero-order valence-corrected chi connectivity index (χ0v) is 12.1. The molecule has 96 valence electrons. The number of nitrogens with zero attached hydrogens (tertiary/aromatic N) is 3. The van der Waals surface area contributed by atoms with E-state index < -0.39 is 0 Å². The number of hydrogen-bond acceptors (Lipinski definition) is 3. The fraction of sp³-hybridized carbons (Fsp3) is 0.385. The fourth-order valence-corrected chi connectivity index (χ4v) is 2.77. The van der Waals surface area contributed by atoms with Crippen molar-refractivity contribution in [1.29, 1.82) is 0 Å². The Bertz CT molecular complexity index is 507. The molecule has 1 aromatic carbocycles. The number of halogens is 1. The van der Waals surface area contributed by atoms with Gasteiger partial charge in [0, 0.05) is 17.3 Å². The van der Waals surface area contributed by atoms with Gasteiger partial charge in [-0.1, -0.05) is 42.4 Å². The van der Waals surface area contributed by atoms with Crippen LogP contribution in [0.25, 0.3) is 0 Å². The second kappa shape index (κ2) is 6.25. The number of thioether (sulfide) groups is 1. The van der Waals surface area contributed by atoms with Crippen LogP contribution in [0, 0.1) is 6.92 Å². The van der Waals surface area contributed by atoms with E-state index in [1.54, 1.807) is 11.8 Å². The van der Waals surface area contributed by atoms with Crippen LogP contribution >= 0.6 is 23.4 Å². The molecule has 1 heterocycles. The first-order chi connectivity index (χ1) is 8.70. The molecule has 5 heteroatoms. The third kappa shape index (κ3) is 3.27. The molecule has 18 heavy (non-hydrogen) atoms. The third-order valence-corrected chi connectivity index (χ3v) is 3.92. The molecule has 1 aromatic heterocycles. The maximum absolute atomic E-state index is 5.87. The summed E-state index contributed by atoms with van der Waals surface area (Å²) in [6, 6.07) is 7.92. The van der Waals surface area contributed by atoms with Crippen molar-refractivity contribution in [3.8, 4) is 0 Å². The molecular formula is C13H16ClN3S. The van der Waals surface area contributed by atoms with E-state index in [0.717, 1.165) is 34.7 Å². The van der Waals surface area contributed by atoms with Crippen LogP contribution in [-0.4, -0.2) is 14.8 Å². The summed E-state index contributed by atoms with van der Waals surface area (Å²) in [5.74, 6) is 1.87. The molecule has 0 unspecified atom stereocenters. The number of benzene rings is 1. The summed E-state index contributed by atoms with van der Waals surface area (Å²) >= 11 is 7.58. The van der Waals surface area contributed by atoms with Crippen LogP contribution in [0.4, 0.5) is 0 Å².